The smallest absolute Gasteiger partial charge is 0.283 e. The van der Waals surface area contributed by atoms with Gasteiger partial charge in [0.1, 0.15) is 27.9 Å². The van der Waals surface area contributed by atoms with Crippen molar-refractivity contribution in [2.45, 2.75) is 4.90 Å². The first kappa shape index (κ1) is 22.7. The van der Waals surface area contributed by atoms with Gasteiger partial charge in [0.2, 0.25) is 0 Å². The zero-order chi connectivity index (χ0) is 23.5. The number of hydrogen-bond acceptors (Lipinski definition) is 6. The minimum Gasteiger partial charge on any atom is -0.497 e. The highest BCUT2D eigenvalue weighted by Gasteiger charge is 2.40. The number of nitrogens with one attached hydrogen (secondary N) is 1. The first-order valence-corrected chi connectivity index (χ1v) is 10.9. The second-order valence-electron chi connectivity index (χ2n) is 6.85. The van der Waals surface area contributed by atoms with E-state index in [1.54, 1.807) is 18.2 Å². The van der Waals surface area contributed by atoms with Crippen molar-refractivity contribution in [1.29, 1.82) is 0 Å². The molecule has 33 heavy (non-hydrogen) atoms. The van der Waals surface area contributed by atoms with Gasteiger partial charge in [-0.1, -0.05) is 41.6 Å². The standard InChI is InChI=1S/C24H18ClFN2O4S/c1-31-15-9-11-19(20(13-15)32-2)27-21-22(33-16-6-4-3-5-7-16)24(30)28(23(21)29)14-8-10-18(26)17(25)12-14/h3-13,27H,1-2H3. The van der Waals surface area contributed by atoms with Crippen LogP contribution in [0.3, 0.4) is 0 Å². The molecule has 0 bridgehead atoms. The van der Waals surface area contributed by atoms with E-state index in [0.717, 1.165) is 27.6 Å². The lowest BCUT2D eigenvalue weighted by Crippen LogP contribution is -2.32. The Hall–Kier alpha value is -3.49. The zero-order valence-corrected chi connectivity index (χ0v) is 19.2. The summed E-state index contributed by atoms with van der Waals surface area (Å²) < 4.78 is 24.3. The number of nitrogens with zero attached hydrogens (tertiary/aromatic N) is 1. The summed E-state index contributed by atoms with van der Waals surface area (Å²) in [6.45, 7) is 0. The van der Waals surface area contributed by atoms with Crippen LogP contribution in [0.1, 0.15) is 0 Å². The molecule has 3 aromatic carbocycles. The van der Waals surface area contributed by atoms with Gasteiger partial charge >= 0.3 is 0 Å². The fourth-order valence-corrected chi connectivity index (χ4v) is 4.34. The molecule has 1 N–H and O–H groups in total. The Labute approximate surface area is 198 Å². The number of rotatable bonds is 7. The summed E-state index contributed by atoms with van der Waals surface area (Å²) in [5, 5.41) is 2.86. The molecule has 6 nitrogen and oxygen atoms in total. The van der Waals surface area contributed by atoms with Gasteiger partial charge in [0.05, 0.1) is 30.6 Å². The highest BCUT2D eigenvalue weighted by Crippen LogP contribution is 2.40. The average molecular weight is 485 g/mol. The van der Waals surface area contributed by atoms with Crippen LogP contribution < -0.4 is 19.7 Å². The summed E-state index contributed by atoms with van der Waals surface area (Å²) in [7, 11) is 3.02. The maximum atomic E-state index is 13.7. The number of carbonyl (C=O) groups excluding carboxylic acids is 2. The Bertz CT molecular complexity index is 1270. The maximum absolute atomic E-state index is 13.7. The Morgan fingerprint density at radius 3 is 2.36 bits per heavy atom. The van der Waals surface area contributed by atoms with Crippen molar-refractivity contribution in [3.05, 3.63) is 88.2 Å². The third-order valence-corrected chi connectivity index (χ3v) is 6.21. The maximum Gasteiger partial charge on any atom is 0.283 e. The molecule has 2 amide bonds. The number of thioether (sulfide) groups is 1. The number of amides is 2. The summed E-state index contributed by atoms with van der Waals surface area (Å²) in [5.41, 5.74) is 0.707. The van der Waals surface area contributed by atoms with Crippen molar-refractivity contribution in [3.63, 3.8) is 0 Å². The van der Waals surface area contributed by atoms with E-state index in [0.29, 0.717) is 17.2 Å². The van der Waals surface area contributed by atoms with E-state index in [2.05, 4.69) is 5.32 Å². The van der Waals surface area contributed by atoms with E-state index >= 15 is 0 Å². The molecular weight excluding hydrogens is 467 g/mol. The number of anilines is 2. The van der Waals surface area contributed by atoms with Crippen molar-refractivity contribution in [1.82, 2.24) is 0 Å². The van der Waals surface area contributed by atoms with Crippen LogP contribution in [0.5, 0.6) is 11.5 Å². The van der Waals surface area contributed by atoms with Gasteiger partial charge in [-0.05, 0) is 42.5 Å². The Morgan fingerprint density at radius 2 is 1.70 bits per heavy atom. The summed E-state index contributed by atoms with van der Waals surface area (Å²) in [6.07, 6.45) is 0. The van der Waals surface area contributed by atoms with E-state index in [9.17, 15) is 14.0 Å². The van der Waals surface area contributed by atoms with Crippen LogP contribution in [-0.2, 0) is 9.59 Å². The normalized spacial score (nSPS) is 13.5. The van der Waals surface area contributed by atoms with E-state index in [-0.39, 0.29) is 21.3 Å². The monoisotopic (exact) mass is 484 g/mol. The van der Waals surface area contributed by atoms with E-state index in [4.69, 9.17) is 21.1 Å². The molecule has 0 saturated carbocycles. The van der Waals surface area contributed by atoms with Crippen molar-refractivity contribution < 1.29 is 23.5 Å². The molecule has 0 aromatic heterocycles. The predicted molar refractivity (Wildman–Crippen MR) is 126 cm³/mol. The Morgan fingerprint density at radius 1 is 0.939 bits per heavy atom. The lowest BCUT2D eigenvalue weighted by atomic mass is 10.2. The number of benzene rings is 3. The first-order valence-electron chi connectivity index (χ1n) is 9.73. The van der Waals surface area contributed by atoms with E-state index < -0.39 is 17.6 Å². The predicted octanol–water partition coefficient (Wildman–Crippen LogP) is 5.49. The van der Waals surface area contributed by atoms with Crippen molar-refractivity contribution in [2.75, 3.05) is 24.4 Å². The number of methoxy groups -OCH3 is 2. The summed E-state index contributed by atoms with van der Waals surface area (Å²) in [4.78, 5) is 28.7. The Balaban J connectivity index is 1.77. The number of ether oxygens (including phenoxy) is 2. The fraction of sp³-hybridized carbons (Fsp3) is 0.0833. The van der Waals surface area contributed by atoms with Crippen molar-refractivity contribution >= 4 is 46.6 Å². The molecule has 0 atom stereocenters. The molecule has 168 valence electrons. The number of carbonyl (C=O) groups is 2. The third-order valence-electron chi connectivity index (χ3n) is 4.83. The van der Waals surface area contributed by atoms with Crippen LogP contribution in [0.2, 0.25) is 5.02 Å². The van der Waals surface area contributed by atoms with Crippen molar-refractivity contribution in [3.8, 4) is 11.5 Å². The van der Waals surface area contributed by atoms with E-state index in [1.807, 2.05) is 30.3 Å². The summed E-state index contributed by atoms with van der Waals surface area (Å²) in [5.74, 6) is -0.797. The largest absolute Gasteiger partial charge is 0.497 e. The topological polar surface area (TPSA) is 67.9 Å². The summed E-state index contributed by atoms with van der Waals surface area (Å²) >= 11 is 7.05. The fourth-order valence-electron chi connectivity index (χ4n) is 3.22. The molecule has 1 aliphatic rings. The van der Waals surface area contributed by atoms with Crippen LogP contribution in [-0.4, -0.2) is 26.0 Å². The van der Waals surface area contributed by atoms with Gasteiger partial charge in [-0.2, -0.15) is 0 Å². The molecule has 0 fully saturated rings. The van der Waals surface area contributed by atoms with Gasteiger partial charge in [0.25, 0.3) is 11.8 Å². The zero-order valence-electron chi connectivity index (χ0n) is 17.6. The molecule has 4 rings (SSSR count). The molecule has 3 aromatic rings. The van der Waals surface area contributed by atoms with Crippen LogP contribution in [0.15, 0.2) is 82.2 Å². The highest BCUT2D eigenvalue weighted by atomic mass is 35.5. The Kier molecular flexibility index (Phi) is 6.57. The molecule has 0 saturated heterocycles. The minimum absolute atomic E-state index is 0.0674. The second kappa shape index (κ2) is 9.56. The summed E-state index contributed by atoms with van der Waals surface area (Å²) in [6, 6.07) is 17.9. The molecule has 1 aliphatic heterocycles. The third kappa shape index (κ3) is 4.53. The molecule has 9 heteroatoms. The van der Waals surface area contributed by atoms with Gasteiger partial charge in [0.15, 0.2) is 0 Å². The number of imide groups is 1. The molecule has 1 heterocycles. The molecule has 0 aliphatic carbocycles. The lowest BCUT2D eigenvalue weighted by molar-refractivity contribution is -0.120. The lowest BCUT2D eigenvalue weighted by Gasteiger charge is -2.16. The SMILES string of the molecule is COc1ccc(NC2=C(Sc3ccccc3)C(=O)N(c3ccc(F)c(Cl)c3)C2=O)c(OC)c1. The molecule has 0 unspecified atom stereocenters. The van der Waals surface area contributed by atoms with E-state index in [1.165, 1.54) is 26.4 Å². The highest BCUT2D eigenvalue weighted by molar-refractivity contribution is 8.04. The first-order chi connectivity index (χ1) is 15.9. The minimum atomic E-state index is -0.646. The van der Waals surface area contributed by atoms with Gasteiger partial charge in [-0.15, -0.1) is 0 Å². The van der Waals surface area contributed by atoms with Gasteiger partial charge < -0.3 is 14.8 Å². The van der Waals surface area contributed by atoms with Gasteiger partial charge in [-0.3, -0.25) is 9.59 Å². The van der Waals surface area contributed by atoms with Crippen LogP contribution in [0.25, 0.3) is 0 Å². The number of halogens is 2. The molecule has 0 radical (unpaired) electrons. The average Bonchev–Trinajstić information content (AvgIpc) is 3.05. The molecule has 0 spiro atoms. The van der Waals surface area contributed by atoms with Crippen LogP contribution >= 0.6 is 23.4 Å². The second-order valence-corrected chi connectivity index (χ2v) is 8.35. The van der Waals surface area contributed by atoms with Crippen molar-refractivity contribution in [2.24, 2.45) is 0 Å². The van der Waals surface area contributed by atoms with Gasteiger partial charge in [-0.25, -0.2) is 9.29 Å². The van der Waals surface area contributed by atoms with Gasteiger partial charge in [0, 0.05) is 11.0 Å². The van der Waals surface area contributed by atoms with Crippen LogP contribution in [0.4, 0.5) is 15.8 Å². The number of hydrogen-bond donors (Lipinski definition) is 1. The van der Waals surface area contributed by atoms with Crippen LogP contribution in [0, 0.1) is 5.82 Å². The molecular formula is C24H18ClFN2O4S. The quantitative estimate of drug-likeness (QED) is 0.447.